The molecule has 134 valence electrons. The predicted molar refractivity (Wildman–Crippen MR) is 101 cm³/mol. The number of aliphatic imine (C=N–C) groups is 1. The minimum absolute atomic E-state index is 0.224. The van der Waals surface area contributed by atoms with Gasteiger partial charge in [0.2, 0.25) is 5.90 Å². The molecule has 1 aliphatic rings. The van der Waals surface area contributed by atoms with Crippen LogP contribution in [-0.2, 0) is 9.53 Å². The summed E-state index contributed by atoms with van der Waals surface area (Å²) < 4.78 is 16.2. The van der Waals surface area contributed by atoms with Crippen molar-refractivity contribution in [2.45, 2.75) is 13.3 Å². The molecule has 0 radical (unpaired) electrons. The zero-order chi connectivity index (χ0) is 18.5. The Morgan fingerprint density at radius 3 is 2.62 bits per heavy atom. The molecule has 0 bridgehead atoms. The number of carbonyl (C=O) groups excluding carboxylic acids is 1. The second-order valence-corrected chi connectivity index (χ2v) is 6.04. The highest BCUT2D eigenvalue weighted by Crippen LogP contribution is 2.30. The third kappa shape index (κ3) is 4.06. The summed E-state index contributed by atoms with van der Waals surface area (Å²) in [5, 5.41) is 0.604. The first-order chi connectivity index (χ1) is 12.6. The minimum Gasteiger partial charge on any atom is -0.493 e. The maximum Gasteiger partial charge on any atom is 0.363 e. The van der Waals surface area contributed by atoms with Gasteiger partial charge in [0.05, 0.1) is 13.7 Å². The van der Waals surface area contributed by atoms with E-state index in [1.165, 1.54) is 0 Å². The smallest absolute Gasteiger partial charge is 0.363 e. The lowest BCUT2D eigenvalue weighted by Gasteiger charge is -2.10. The second-order valence-electron chi connectivity index (χ2n) is 5.60. The van der Waals surface area contributed by atoms with E-state index < -0.39 is 5.97 Å². The van der Waals surface area contributed by atoms with Gasteiger partial charge in [-0.2, -0.15) is 0 Å². The summed E-state index contributed by atoms with van der Waals surface area (Å²) in [7, 11) is 1.59. The summed E-state index contributed by atoms with van der Waals surface area (Å²) in [6.45, 7) is 2.61. The first-order valence-corrected chi connectivity index (χ1v) is 8.58. The summed E-state index contributed by atoms with van der Waals surface area (Å²) in [6.07, 6.45) is 2.54. The number of methoxy groups -OCH3 is 1. The number of esters is 1. The molecule has 2 aromatic carbocycles. The van der Waals surface area contributed by atoms with Gasteiger partial charge in [0.25, 0.3) is 0 Å². The molecule has 1 heterocycles. The summed E-state index contributed by atoms with van der Waals surface area (Å²) in [5.41, 5.74) is 1.68. The lowest BCUT2D eigenvalue weighted by Crippen LogP contribution is -2.05. The van der Waals surface area contributed by atoms with Crippen molar-refractivity contribution in [3.05, 3.63) is 64.3 Å². The number of ether oxygens (including phenoxy) is 3. The Morgan fingerprint density at radius 1 is 1.15 bits per heavy atom. The van der Waals surface area contributed by atoms with Gasteiger partial charge in [-0.3, -0.25) is 0 Å². The first-order valence-electron chi connectivity index (χ1n) is 8.20. The quantitative estimate of drug-likeness (QED) is 0.555. The van der Waals surface area contributed by atoms with Gasteiger partial charge >= 0.3 is 5.97 Å². The Morgan fingerprint density at radius 2 is 1.92 bits per heavy atom. The number of rotatable bonds is 6. The molecule has 3 rings (SSSR count). The molecule has 0 aromatic heterocycles. The Hall–Kier alpha value is -2.79. The molecule has 2 aromatic rings. The molecule has 0 atom stereocenters. The molecule has 6 heteroatoms. The van der Waals surface area contributed by atoms with Gasteiger partial charge in [0, 0.05) is 10.6 Å². The third-order valence-electron chi connectivity index (χ3n) is 3.66. The van der Waals surface area contributed by atoms with Crippen LogP contribution in [0.4, 0.5) is 0 Å². The van der Waals surface area contributed by atoms with Gasteiger partial charge in [-0.25, -0.2) is 9.79 Å². The SMILES string of the molecule is CCCOc1cc(C=C2N=C(c3ccc(Cl)cc3)OC2=O)ccc1OC. The van der Waals surface area contributed by atoms with Crippen molar-refractivity contribution in [3.8, 4) is 11.5 Å². The normalized spacial score (nSPS) is 15.0. The van der Waals surface area contributed by atoms with Gasteiger partial charge in [0.1, 0.15) is 0 Å². The fraction of sp³-hybridized carbons (Fsp3) is 0.200. The maximum atomic E-state index is 12.1. The summed E-state index contributed by atoms with van der Waals surface area (Å²) in [5.74, 6) is 1.02. The van der Waals surface area contributed by atoms with Crippen LogP contribution in [0.25, 0.3) is 6.08 Å². The highest BCUT2D eigenvalue weighted by molar-refractivity contribution is 6.30. The fourth-order valence-electron chi connectivity index (χ4n) is 2.39. The summed E-state index contributed by atoms with van der Waals surface area (Å²) >= 11 is 5.88. The zero-order valence-electron chi connectivity index (χ0n) is 14.5. The van der Waals surface area contributed by atoms with Crippen molar-refractivity contribution in [2.24, 2.45) is 4.99 Å². The number of cyclic esters (lactones) is 1. The molecule has 0 N–H and O–H groups in total. The number of hydrogen-bond donors (Lipinski definition) is 0. The molecule has 0 saturated heterocycles. The molecule has 1 aliphatic heterocycles. The van der Waals surface area contributed by atoms with Gasteiger partial charge in [-0.15, -0.1) is 0 Å². The standard InChI is InChI=1S/C20H18ClNO4/c1-3-10-25-18-12-13(4-9-17(18)24-2)11-16-20(23)26-19(22-16)14-5-7-15(21)8-6-14/h4-9,11-12H,3,10H2,1-2H3. The topological polar surface area (TPSA) is 57.1 Å². The van der Waals surface area contributed by atoms with Crippen LogP contribution in [0.1, 0.15) is 24.5 Å². The molecule has 0 saturated carbocycles. The monoisotopic (exact) mass is 371 g/mol. The van der Waals surface area contributed by atoms with E-state index in [-0.39, 0.29) is 11.6 Å². The van der Waals surface area contributed by atoms with Crippen molar-refractivity contribution in [2.75, 3.05) is 13.7 Å². The lowest BCUT2D eigenvalue weighted by atomic mass is 10.1. The lowest BCUT2D eigenvalue weighted by molar-refractivity contribution is -0.129. The second kappa shape index (κ2) is 8.06. The molecule has 5 nitrogen and oxygen atoms in total. The number of carbonyl (C=O) groups is 1. The van der Waals surface area contributed by atoms with Crippen LogP contribution in [0.2, 0.25) is 5.02 Å². The van der Waals surface area contributed by atoms with Crippen molar-refractivity contribution >= 4 is 29.5 Å². The van der Waals surface area contributed by atoms with Crippen LogP contribution < -0.4 is 9.47 Å². The van der Waals surface area contributed by atoms with E-state index in [0.29, 0.717) is 28.7 Å². The van der Waals surface area contributed by atoms with Crippen molar-refractivity contribution in [1.29, 1.82) is 0 Å². The van der Waals surface area contributed by atoms with Crippen LogP contribution >= 0.6 is 11.6 Å². The number of hydrogen-bond acceptors (Lipinski definition) is 5. The number of benzene rings is 2. The Bertz CT molecular complexity index is 872. The summed E-state index contributed by atoms with van der Waals surface area (Å²) in [6, 6.07) is 12.4. The largest absolute Gasteiger partial charge is 0.493 e. The fourth-order valence-corrected chi connectivity index (χ4v) is 2.52. The van der Waals surface area contributed by atoms with Gasteiger partial charge in [0.15, 0.2) is 17.2 Å². The van der Waals surface area contributed by atoms with Crippen LogP contribution in [0.3, 0.4) is 0 Å². The van der Waals surface area contributed by atoms with Crippen molar-refractivity contribution < 1.29 is 19.0 Å². The van der Waals surface area contributed by atoms with Crippen LogP contribution in [0.15, 0.2) is 53.2 Å². The Labute approximate surface area is 156 Å². The maximum absolute atomic E-state index is 12.1. The highest BCUT2D eigenvalue weighted by atomic mass is 35.5. The van der Waals surface area contributed by atoms with E-state index in [2.05, 4.69) is 4.99 Å². The van der Waals surface area contributed by atoms with E-state index in [9.17, 15) is 4.79 Å². The zero-order valence-corrected chi connectivity index (χ0v) is 15.2. The molecule has 0 spiro atoms. The van der Waals surface area contributed by atoms with E-state index in [0.717, 1.165) is 12.0 Å². The van der Waals surface area contributed by atoms with Crippen LogP contribution in [0, 0.1) is 0 Å². The minimum atomic E-state index is -0.498. The Balaban J connectivity index is 1.89. The summed E-state index contributed by atoms with van der Waals surface area (Å²) in [4.78, 5) is 16.4. The molecular formula is C20H18ClNO4. The third-order valence-corrected chi connectivity index (χ3v) is 3.92. The van der Waals surface area contributed by atoms with Gasteiger partial charge in [-0.1, -0.05) is 24.6 Å². The predicted octanol–water partition coefficient (Wildman–Crippen LogP) is 4.48. The molecule has 0 fully saturated rings. The number of halogens is 1. The molecule has 26 heavy (non-hydrogen) atoms. The average molecular weight is 372 g/mol. The van der Waals surface area contributed by atoms with E-state index in [1.807, 2.05) is 19.1 Å². The molecular weight excluding hydrogens is 354 g/mol. The van der Waals surface area contributed by atoms with Crippen LogP contribution in [0.5, 0.6) is 11.5 Å². The Kier molecular flexibility index (Phi) is 5.58. The van der Waals surface area contributed by atoms with Gasteiger partial charge in [-0.05, 0) is 54.5 Å². The number of nitrogens with zero attached hydrogens (tertiary/aromatic N) is 1. The van der Waals surface area contributed by atoms with Crippen molar-refractivity contribution in [3.63, 3.8) is 0 Å². The average Bonchev–Trinajstić information content (AvgIpc) is 3.01. The van der Waals surface area contributed by atoms with Crippen molar-refractivity contribution in [1.82, 2.24) is 0 Å². The molecule has 0 unspecified atom stereocenters. The van der Waals surface area contributed by atoms with E-state index >= 15 is 0 Å². The highest BCUT2D eigenvalue weighted by Gasteiger charge is 2.24. The van der Waals surface area contributed by atoms with E-state index in [4.69, 9.17) is 25.8 Å². The van der Waals surface area contributed by atoms with Gasteiger partial charge < -0.3 is 14.2 Å². The van der Waals surface area contributed by atoms with E-state index in [1.54, 1.807) is 43.5 Å². The first kappa shape index (κ1) is 18.0. The molecule has 0 amide bonds. The molecule has 0 aliphatic carbocycles. The van der Waals surface area contributed by atoms with Crippen LogP contribution in [-0.4, -0.2) is 25.6 Å².